The third kappa shape index (κ3) is 2.83. The zero-order valence-electron chi connectivity index (χ0n) is 12.0. The maximum atomic E-state index is 11.0. The molecule has 3 heteroatoms. The molecule has 1 aromatic carbocycles. The van der Waals surface area contributed by atoms with Gasteiger partial charge in [-0.3, -0.25) is 4.98 Å². The fourth-order valence-electron chi connectivity index (χ4n) is 3.56. The van der Waals surface area contributed by atoms with Crippen molar-refractivity contribution in [3.8, 4) is 0 Å². The number of hydrogen-bond acceptors (Lipinski definition) is 2. The molecule has 0 radical (unpaired) electrons. The molecule has 0 spiro atoms. The van der Waals surface area contributed by atoms with E-state index in [1.54, 1.807) is 12.4 Å². The number of aliphatic hydroxyl groups is 1. The summed E-state index contributed by atoms with van der Waals surface area (Å²) in [6.07, 6.45) is 7.98. The minimum atomic E-state index is -0.415. The van der Waals surface area contributed by atoms with E-state index in [-0.39, 0.29) is 5.41 Å². The van der Waals surface area contributed by atoms with Crippen LogP contribution in [0.2, 0.25) is 5.02 Å². The second kappa shape index (κ2) is 6.17. The Labute approximate surface area is 130 Å². The number of aromatic nitrogens is 1. The van der Waals surface area contributed by atoms with Crippen molar-refractivity contribution < 1.29 is 5.11 Å². The van der Waals surface area contributed by atoms with Gasteiger partial charge >= 0.3 is 0 Å². The monoisotopic (exact) mass is 301 g/mol. The molecule has 2 aromatic rings. The highest BCUT2D eigenvalue weighted by molar-refractivity contribution is 6.31. The van der Waals surface area contributed by atoms with Gasteiger partial charge in [0.2, 0.25) is 0 Å². The highest BCUT2D eigenvalue weighted by Crippen LogP contribution is 2.44. The summed E-state index contributed by atoms with van der Waals surface area (Å²) in [6.45, 7) is 0. The molecule has 0 amide bonds. The first-order valence-corrected chi connectivity index (χ1v) is 7.92. The predicted molar refractivity (Wildman–Crippen MR) is 85.5 cm³/mol. The smallest absolute Gasteiger partial charge is 0.0677 e. The minimum Gasteiger partial charge on any atom is -0.392 e. The lowest BCUT2D eigenvalue weighted by Crippen LogP contribution is -2.38. The summed E-state index contributed by atoms with van der Waals surface area (Å²) in [6, 6.07) is 12.3. The van der Waals surface area contributed by atoms with E-state index in [9.17, 15) is 5.11 Å². The van der Waals surface area contributed by atoms with Crippen LogP contribution in [0.5, 0.6) is 0 Å². The van der Waals surface area contributed by atoms with Crippen LogP contribution in [0.15, 0.2) is 48.8 Å². The zero-order valence-corrected chi connectivity index (χ0v) is 12.8. The topological polar surface area (TPSA) is 33.1 Å². The molecular formula is C18H20ClNO. The highest BCUT2D eigenvalue weighted by atomic mass is 35.5. The summed E-state index contributed by atoms with van der Waals surface area (Å²) in [7, 11) is 0. The third-order valence-electron chi connectivity index (χ3n) is 4.75. The summed E-state index contributed by atoms with van der Waals surface area (Å²) in [5, 5.41) is 11.6. The molecule has 1 saturated carbocycles. The number of nitrogens with zero attached hydrogens (tertiary/aromatic N) is 1. The van der Waals surface area contributed by atoms with Crippen LogP contribution in [0, 0.1) is 0 Å². The van der Waals surface area contributed by atoms with Crippen molar-refractivity contribution in [2.24, 2.45) is 0 Å². The number of rotatable bonds is 4. The maximum Gasteiger partial charge on any atom is 0.0677 e. The van der Waals surface area contributed by atoms with Gasteiger partial charge in [0, 0.05) is 24.2 Å². The molecule has 1 aliphatic rings. The number of pyridine rings is 1. The lowest BCUT2D eigenvalue weighted by molar-refractivity contribution is 0.0825. The Morgan fingerprint density at radius 2 is 1.86 bits per heavy atom. The molecule has 1 aromatic heterocycles. The lowest BCUT2D eigenvalue weighted by atomic mass is 9.72. The summed E-state index contributed by atoms with van der Waals surface area (Å²) in [4.78, 5) is 4.01. The molecule has 1 fully saturated rings. The molecular weight excluding hydrogens is 282 g/mol. The first-order valence-electron chi connectivity index (χ1n) is 7.54. The average Bonchev–Trinajstić information content (AvgIpc) is 3.01. The van der Waals surface area contributed by atoms with Crippen LogP contribution in [0.4, 0.5) is 0 Å². The van der Waals surface area contributed by atoms with Crippen molar-refractivity contribution in [2.45, 2.75) is 43.6 Å². The summed E-state index contributed by atoms with van der Waals surface area (Å²) < 4.78 is 0. The molecule has 3 rings (SSSR count). The van der Waals surface area contributed by atoms with E-state index < -0.39 is 6.10 Å². The van der Waals surface area contributed by atoms with Crippen molar-refractivity contribution >= 4 is 11.6 Å². The first-order chi connectivity index (χ1) is 10.2. The molecule has 1 aliphatic carbocycles. The Hall–Kier alpha value is -1.38. The van der Waals surface area contributed by atoms with E-state index in [2.05, 4.69) is 29.2 Å². The van der Waals surface area contributed by atoms with E-state index in [0.29, 0.717) is 11.4 Å². The van der Waals surface area contributed by atoms with Gasteiger partial charge in [-0.1, -0.05) is 54.8 Å². The fraction of sp³-hybridized carbons (Fsp3) is 0.389. The van der Waals surface area contributed by atoms with Gasteiger partial charge in [0.25, 0.3) is 0 Å². The van der Waals surface area contributed by atoms with Crippen molar-refractivity contribution in [1.82, 2.24) is 4.98 Å². The molecule has 1 heterocycles. The maximum absolute atomic E-state index is 11.0. The number of aliphatic hydroxyl groups excluding tert-OH is 1. The highest BCUT2D eigenvalue weighted by Gasteiger charge is 2.41. The average molecular weight is 302 g/mol. The Balaban J connectivity index is 1.90. The summed E-state index contributed by atoms with van der Waals surface area (Å²) >= 11 is 6.19. The summed E-state index contributed by atoms with van der Waals surface area (Å²) in [5.41, 5.74) is 2.09. The van der Waals surface area contributed by atoms with Gasteiger partial charge in [-0.25, -0.2) is 0 Å². The molecule has 0 saturated heterocycles. The second-order valence-electron chi connectivity index (χ2n) is 5.92. The van der Waals surface area contributed by atoms with Gasteiger partial charge in [-0.05, 0) is 30.0 Å². The van der Waals surface area contributed by atoms with Crippen LogP contribution in [-0.2, 0) is 11.8 Å². The Morgan fingerprint density at radius 3 is 2.52 bits per heavy atom. The molecule has 21 heavy (non-hydrogen) atoms. The van der Waals surface area contributed by atoms with E-state index in [1.165, 1.54) is 18.4 Å². The van der Waals surface area contributed by atoms with Crippen molar-refractivity contribution in [2.75, 3.05) is 0 Å². The zero-order chi connectivity index (χ0) is 14.7. The SMILES string of the molecule is OC(Cc1ccncc1Cl)C1(c2ccccc2)CCCC1. The third-order valence-corrected chi connectivity index (χ3v) is 5.09. The van der Waals surface area contributed by atoms with Crippen LogP contribution in [0.1, 0.15) is 36.8 Å². The predicted octanol–water partition coefficient (Wildman–Crippen LogP) is 4.15. The molecule has 1 unspecified atom stereocenters. The number of hydrogen-bond donors (Lipinski definition) is 1. The van der Waals surface area contributed by atoms with Crippen LogP contribution in [0.25, 0.3) is 0 Å². The molecule has 1 N–H and O–H groups in total. The van der Waals surface area contributed by atoms with Crippen molar-refractivity contribution in [3.63, 3.8) is 0 Å². The van der Waals surface area contributed by atoms with Crippen molar-refractivity contribution in [1.29, 1.82) is 0 Å². The van der Waals surface area contributed by atoms with Gasteiger partial charge < -0.3 is 5.11 Å². The fourth-order valence-corrected chi connectivity index (χ4v) is 3.76. The van der Waals surface area contributed by atoms with E-state index >= 15 is 0 Å². The second-order valence-corrected chi connectivity index (χ2v) is 6.32. The van der Waals surface area contributed by atoms with E-state index in [0.717, 1.165) is 18.4 Å². The molecule has 0 aliphatic heterocycles. The largest absolute Gasteiger partial charge is 0.392 e. The van der Waals surface area contributed by atoms with Gasteiger partial charge in [0.1, 0.15) is 0 Å². The number of halogens is 1. The van der Waals surface area contributed by atoms with Gasteiger partial charge in [0.05, 0.1) is 11.1 Å². The van der Waals surface area contributed by atoms with Crippen LogP contribution >= 0.6 is 11.6 Å². The Bertz CT molecular complexity index is 593. The first kappa shape index (κ1) is 14.6. The molecule has 110 valence electrons. The van der Waals surface area contributed by atoms with Gasteiger partial charge in [0.15, 0.2) is 0 Å². The normalized spacial score (nSPS) is 18.6. The number of benzene rings is 1. The van der Waals surface area contributed by atoms with Crippen molar-refractivity contribution in [3.05, 3.63) is 64.9 Å². The molecule has 2 nitrogen and oxygen atoms in total. The van der Waals surface area contributed by atoms with Gasteiger partial charge in [-0.15, -0.1) is 0 Å². The quantitative estimate of drug-likeness (QED) is 0.920. The standard InChI is InChI=1S/C18H20ClNO/c19-16-13-20-11-8-14(16)12-17(21)18(9-4-5-10-18)15-6-2-1-3-7-15/h1-3,6-8,11,13,17,21H,4-5,9-10,12H2. The van der Waals surface area contributed by atoms with Crippen LogP contribution in [0.3, 0.4) is 0 Å². The van der Waals surface area contributed by atoms with Crippen LogP contribution in [-0.4, -0.2) is 16.2 Å². The van der Waals surface area contributed by atoms with Crippen LogP contribution < -0.4 is 0 Å². The lowest BCUT2D eigenvalue weighted by Gasteiger charge is -2.35. The Kier molecular flexibility index (Phi) is 4.27. The van der Waals surface area contributed by atoms with E-state index in [1.807, 2.05) is 12.1 Å². The summed E-state index contributed by atoms with van der Waals surface area (Å²) in [5.74, 6) is 0. The Morgan fingerprint density at radius 1 is 1.14 bits per heavy atom. The van der Waals surface area contributed by atoms with E-state index in [4.69, 9.17) is 11.6 Å². The molecule has 1 atom stereocenters. The minimum absolute atomic E-state index is 0.131. The van der Waals surface area contributed by atoms with Gasteiger partial charge in [-0.2, -0.15) is 0 Å². The molecule has 0 bridgehead atoms.